The van der Waals surface area contributed by atoms with E-state index in [4.69, 9.17) is 11.6 Å². The standard InChI is InChI=1S/C20H30ClF3N6.HI/c1-25-19(27-9-4-15-5-10-29(11-6-15)14-20(22,23)24)28-16-7-12-30(13-16)18-17(21)3-2-8-26-18;/h2-3,8,15-16H,4-7,9-14H2,1H3,(H2,25,27,28);1H. The molecule has 1 atom stereocenters. The third-order valence-corrected chi connectivity index (χ3v) is 6.04. The Bertz CT molecular complexity index is 712. The lowest BCUT2D eigenvalue weighted by Crippen LogP contribution is -2.45. The second-order valence-corrected chi connectivity index (χ2v) is 8.41. The summed E-state index contributed by atoms with van der Waals surface area (Å²) >= 11 is 6.25. The van der Waals surface area contributed by atoms with Crippen LogP contribution in [-0.4, -0.2) is 74.4 Å². The number of hydrogen-bond donors (Lipinski definition) is 2. The third-order valence-electron chi connectivity index (χ3n) is 5.75. The number of rotatable bonds is 6. The number of hydrogen-bond acceptors (Lipinski definition) is 4. The number of likely N-dealkylation sites (tertiary alicyclic amines) is 1. The number of guanidine groups is 1. The van der Waals surface area contributed by atoms with E-state index in [-0.39, 0.29) is 30.0 Å². The van der Waals surface area contributed by atoms with Gasteiger partial charge in [-0.05, 0) is 56.8 Å². The van der Waals surface area contributed by atoms with Crippen LogP contribution in [0.5, 0.6) is 0 Å². The second kappa shape index (κ2) is 12.3. The van der Waals surface area contributed by atoms with Crippen molar-refractivity contribution < 1.29 is 13.2 Å². The maximum atomic E-state index is 12.5. The van der Waals surface area contributed by atoms with E-state index in [9.17, 15) is 13.2 Å². The molecule has 0 aromatic carbocycles. The van der Waals surface area contributed by atoms with Gasteiger partial charge in [-0.25, -0.2) is 4.98 Å². The number of nitrogens with zero attached hydrogens (tertiary/aromatic N) is 4. The van der Waals surface area contributed by atoms with Gasteiger partial charge in [0.1, 0.15) is 5.82 Å². The number of aliphatic imine (C=N–C) groups is 1. The fraction of sp³-hybridized carbons (Fsp3) is 0.700. The zero-order valence-corrected chi connectivity index (χ0v) is 20.8. The summed E-state index contributed by atoms with van der Waals surface area (Å²) in [6.07, 6.45) is 1.16. The minimum atomic E-state index is -4.11. The first kappa shape index (κ1) is 26.2. The highest BCUT2D eigenvalue weighted by Crippen LogP contribution is 2.26. The summed E-state index contributed by atoms with van der Waals surface area (Å²) in [7, 11) is 1.74. The van der Waals surface area contributed by atoms with Crippen molar-refractivity contribution in [2.75, 3.05) is 51.2 Å². The average Bonchev–Trinajstić information content (AvgIpc) is 3.16. The Kier molecular flexibility index (Phi) is 10.4. The molecule has 3 heterocycles. The van der Waals surface area contributed by atoms with Crippen molar-refractivity contribution in [2.45, 2.75) is 37.9 Å². The van der Waals surface area contributed by atoms with Gasteiger partial charge in [-0.2, -0.15) is 13.2 Å². The van der Waals surface area contributed by atoms with Crippen LogP contribution in [0.3, 0.4) is 0 Å². The molecule has 2 aliphatic heterocycles. The van der Waals surface area contributed by atoms with Gasteiger partial charge in [0, 0.05) is 38.9 Å². The Morgan fingerprint density at radius 1 is 1.26 bits per heavy atom. The first-order chi connectivity index (χ1) is 14.3. The van der Waals surface area contributed by atoms with Crippen molar-refractivity contribution in [3.63, 3.8) is 0 Å². The van der Waals surface area contributed by atoms with Crippen LogP contribution in [-0.2, 0) is 0 Å². The molecule has 2 N–H and O–H groups in total. The molecule has 1 aromatic rings. The quantitative estimate of drug-likeness (QED) is 0.308. The van der Waals surface area contributed by atoms with Gasteiger partial charge >= 0.3 is 6.18 Å². The van der Waals surface area contributed by atoms with Crippen molar-refractivity contribution in [3.8, 4) is 0 Å². The van der Waals surface area contributed by atoms with Gasteiger partial charge in [0.25, 0.3) is 0 Å². The largest absolute Gasteiger partial charge is 0.401 e. The SMILES string of the molecule is CN=C(NCCC1CCN(CC(F)(F)F)CC1)NC1CCN(c2ncccc2Cl)C1.I. The molecule has 11 heteroatoms. The van der Waals surface area contributed by atoms with Crippen molar-refractivity contribution in [1.29, 1.82) is 0 Å². The summed E-state index contributed by atoms with van der Waals surface area (Å²) in [5.41, 5.74) is 0. The number of pyridine rings is 1. The fourth-order valence-electron chi connectivity index (χ4n) is 4.15. The molecule has 31 heavy (non-hydrogen) atoms. The van der Waals surface area contributed by atoms with Crippen LogP contribution < -0.4 is 15.5 Å². The monoisotopic (exact) mass is 574 g/mol. The molecule has 0 bridgehead atoms. The summed E-state index contributed by atoms with van der Waals surface area (Å²) in [6.45, 7) is 2.68. The molecule has 1 unspecified atom stereocenters. The first-order valence-corrected chi connectivity index (χ1v) is 10.8. The van der Waals surface area contributed by atoms with Crippen LogP contribution >= 0.6 is 35.6 Å². The van der Waals surface area contributed by atoms with Crippen LogP contribution in [0.15, 0.2) is 23.3 Å². The van der Waals surface area contributed by atoms with Gasteiger partial charge in [-0.1, -0.05) is 11.6 Å². The highest BCUT2D eigenvalue weighted by molar-refractivity contribution is 14.0. The van der Waals surface area contributed by atoms with Crippen molar-refractivity contribution in [3.05, 3.63) is 23.4 Å². The van der Waals surface area contributed by atoms with Gasteiger partial charge in [0.05, 0.1) is 11.6 Å². The van der Waals surface area contributed by atoms with E-state index in [0.29, 0.717) is 24.0 Å². The van der Waals surface area contributed by atoms with E-state index < -0.39 is 12.7 Å². The molecule has 176 valence electrons. The summed E-state index contributed by atoms with van der Waals surface area (Å²) in [5.74, 6) is 2.01. The minimum absolute atomic E-state index is 0. The molecule has 1 aromatic heterocycles. The van der Waals surface area contributed by atoms with Crippen LogP contribution in [0, 0.1) is 5.92 Å². The number of alkyl halides is 3. The Morgan fingerprint density at radius 2 is 2.00 bits per heavy atom. The number of aromatic nitrogens is 1. The van der Waals surface area contributed by atoms with E-state index >= 15 is 0 Å². The molecule has 6 nitrogen and oxygen atoms in total. The van der Waals surface area contributed by atoms with E-state index in [1.54, 1.807) is 13.2 Å². The molecule has 0 radical (unpaired) electrons. The summed E-state index contributed by atoms with van der Waals surface area (Å²) in [5, 5.41) is 7.45. The smallest absolute Gasteiger partial charge is 0.356 e. The Labute approximate surface area is 204 Å². The molecule has 0 aliphatic carbocycles. The van der Waals surface area contributed by atoms with Crippen molar-refractivity contribution >= 4 is 47.4 Å². The molecule has 2 saturated heterocycles. The summed E-state index contributed by atoms with van der Waals surface area (Å²) < 4.78 is 37.5. The minimum Gasteiger partial charge on any atom is -0.356 e. The Hall–Kier alpha value is -1.01. The van der Waals surface area contributed by atoms with Gasteiger partial charge in [0.2, 0.25) is 0 Å². The molecule has 0 amide bonds. The topological polar surface area (TPSA) is 55.8 Å². The van der Waals surface area contributed by atoms with Crippen LogP contribution in [0.1, 0.15) is 25.7 Å². The number of piperidine rings is 1. The lowest BCUT2D eigenvalue weighted by atomic mass is 9.93. The predicted octanol–water partition coefficient (Wildman–Crippen LogP) is 3.76. The molecule has 0 spiro atoms. The van der Waals surface area contributed by atoms with Gasteiger partial charge < -0.3 is 15.5 Å². The third kappa shape index (κ3) is 8.45. The second-order valence-electron chi connectivity index (χ2n) is 8.01. The highest BCUT2D eigenvalue weighted by Gasteiger charge is 2.32. The molecule has 2 fully saturated rings. The van der Waals surface area contributed by atoms with Crippen LogP contribution in [0.2, 0.25) is 5.02 Å². The molecular formula is C20H31ClF3IN6. The summed E-state index contributed by atoms with van der Waals surface area (Å²) in [6, 6.07) is 3.92. The van der Waals surface area contributed by atoms with Crippen molar-refractivity contribution in [1.82, 2.24) is 20.5 Å². The maximum Gasteiger partial charge on any atom is 0.401 e. The molecule has 0 saturated carbocycles. The number of nitrogens with one attached hydrogen (secondary N) is 2. The maximum absolute atomic E-state index is 12.5. The Balaban J connectivity index is 0.00000341. The molecular weight excluding hydrogens is 544 g/mol. The molecule has 3 rings (SSSR count). The first-order valence-electron chi connectivity index (χ1n) is 10.5. The average molecular weight is 575 g/mol. The predicted molar refractivity (Wildman–Crippen MR) is 130 cm³/mol. The van der Waals surface area contributed by atoms with Crippen LogP contribution in [0.25, 0.3) is 0 Å². The van der Waals surface area contributed by atoms with Gasteiger partial charge in [-0.3, -0.25) is 9.89 Å². The fourth-order valence-corrected chi connectivity index (χ4v) is 4.39. The summed E-state index contributed by atoms with van der Waals surface area (Å²) in [4.78, 5) is 12.4. The number of anilines is 1. The van der Waals surface area contributed by atoms with E-state index in [1.165, 1.54) is 4.90 Å². The van der Waals surface area contributed by atoms with E-state index in [0.717, 1.165) is 57.1 Å². The zero-order chi connectivity index (χ0) is 21.6. The van der Waals surface area contributed by atoms with Crippen molar-refractivity contribution in [2.24, 2.45) is 10.9 Å². The van der Waals surface area contributed by atoms with Gasteiger partial charge in [0.15, 0.2) is 5.96 Å². The van der Waals surface area contributed by atoms with E-state index in [2.05, 4.69) is 25.5 Å². The van der Waals surface area contributed by atoms with E-state index in [1.807, 2.05) is 12.1 Å². The zero-order valence-electron chi connectivity index (χ0n) is 17.7. The highest BCUT2D eigenvalue weighted by atomic mass is 127. The van der Waals surface area contributed by atoms with Crippen LogP contribution in [0.4, 0.5) is 19.0 Å². The lowest BCUT2D eigenvalue weighted by molar-refractivity contribution is -0.148. The van der Waals surface area contributed by atoms with Gasteiger partial charge in [-0.15, -0.1) is 24.0 Å². The lowest BCUT2D eigenvalue weighted by Gasteiger charge is -2.32. The molecule has 2 aliphatic rings. The Morgan fingerprint density at radius 3 is 2.65 bits per heavy atom. The normalized spacial score (nSPS) is 21.1. The number of halogens is 5.